The standard InChI is InChI=1S/C14H26N2O2S/c1-6-11(4)13-12(9-17)19-14(15-13)16(10(2)3)7-8-18-5/h10-11,17H,6-9H2,1-5H3. The lowest BCUT2D eigenvalue weighted by molar-refractivity contribution is 0.204. The quantitative estimate of drug-likeness (QED) is 0.798. The predicted octanol–water partition coefficient (Wildman–Crippen LogP) is 3.01. The number of thiazole rings is 1. The molecule has 1 atom stereocenters. The average molecular weight is 286 g/mol. The van der Waals surface area contributed by atoms with E-state index in [9.17, 15) is 5.11 Å². The van der Waals surface area contributed by atoms with Crippen molar-refractivity contribution in [3.05, 3.63) is 10.6 Å². The summed E-state index contributed by atoms with van der Waals surface area (Å²) in [4.78, 5) is 7.98. The smallest absolute Gasteiger partial charge is 0.186 e. The normalized spacial score (nSPS) is 13.0. The highest BCUT2D eigenvalue weighted by Gasteiger charge is 2.20. The van der Waals surface area contributed by atoms with Gasteiger partial charge in [-0.05, 0) is 26.2 Å². The van der Waals surface area contributed by atoms with Crippen LogP contribution in [0, 0.1) is 0 Å². The van der Waals surface area contributed by atoms with Gasteiger partial charge in [-0.3, -0.25) is 0 Å². The molecule has 1 aromatic heterocycles. The molecule has 0 aliphatic rings. The first-order valence-electron chi connectivity index (χ1n) is 6.91. The molecule has 1 N–H and O–H groups in total. The Labute approximate surface area is 120 Å². The summed E-state index contributed by atoms with van der Waals surface area (Å²) < 4.78 is 5.16. The highest BCUT2D eigenvalue weighted by molar-refractivity contribution is 7.15. The Hall–Kier alpha value is -0.650. The van der Waals surface area contributed by atoms with Gasteiger partial charge >= 0.3 is 0 Å². The Morgan fingerprint density at radius 2 is 2.05 bits per heavy atom. The van der Waals surface area contributed by atoms with Crippen LogP contribution in [0.3, 0.4) is 0 Å². The molecule has 0 bridgehead atoms. The molecule has 1 aromatic rings. The topological polar surface area (TPSA) is 45.6 Å². The molecular weight excluding hydrogens is 260 g/mol. The molecule has 19 heavy (non-hydrogen) atoms. The van der Waals surface area contributed by atoms with E-state index in [1.54, 1.807) is 18.4 Å². The number of anilines is 1. The zero-order valence-electron chi connectivity index (χ0n) is 12.6. The van der Waals surface area contributed by atoms with Crippen LogP contribution >= 0.6 is 11.3 Å². The number of rotatable bonds is 8. The summed E-state index contributed by atoms with van der Waals surface area (Å²) in [5.74, 6) is 0.392. The number of aliphatic hydroxyl groups is 1. The van der Waals surface area contributed by atoms with Crippen molar-refractivity contribution < 1.29 is 9.84 Å². The number of aliphatic hydroxyl groups excluding tert-OH is 1. The van der Waals surface area contributed by atoms with E-state index in [-0.39, 0.29) is 6.61 Å². The molecule has 0 aliphatic carbocycles. The van der Waals surface area contributed by atoms with Gasteiger partial charge in [0.15, 0.2) is 5.13 Å². The molecule has 1 rings (SSSR count). The Bertz CT molecular complexity index is 380. The van der Waals surface area contributed by atoms with Crippen molar-refractivity contribution in [3.8, 4) is 0 Å². The minimum Gasteiger partial charge on any atom is -0.391 e. The summed E-state index contributed by atoms with van der Waals surface area (Å²) >= 11 is 1.60. The van der Waals surface area contributed by atoms with Crippen LogP contribution in [0.15, 0.2) is 0 Å². The van der Waals surface area contributed by atoms with E-state index in [1.165, 1.54) is 0 Å². The minimum atomic E-state index is 0.0769. The second-order valence-corrected chi connectivity index (χ2v) is 6.11. The zero-order valence-corrected chi connectivity index (χ0v) is 13.5. The van der Waals surface area contributed by atoms with Crippen molar-refractivity contribution in [3.63, 3.8) is 0 Å². The van der Waals surface area contributed by atoms with Gasteiger partial charge in [0, 0.05) is 19.7 Å². The average Bonchev–Trinajstić information content (AvgIpc) is 2.81. The molecule has 0 amide bonds. The van der Waals surface area contributed by atoms with Crippen LogP contribution in [-0.2, 0) is 11.3 Å². The first-order chi connectivity index (χ1) is 9.04. The van der Waals surface area contributed by atoms with E-state index in [0.29, 0.717) is 18.6 Å². The van der Waals surface area contributed by atoms with Crippen molar-refractivity contribution >= 4 is 16.5 Å². The summed E-state index contributed by atoms with van der Waals surface area (Å²) in [5.41, 5.74) is 1.05. The van der Waals surface area contributed by atoms with E-state index in [4.69, 9.17) is 9.72 Å². The number of hydrogen-bond donors (Lipinski definition) is 1. The zero-order chi connectivity index (χ0) is 14.4. The van der Waals surface area contributed by atoms with Crippen molar-refractivity contribution in [2.45, 2.75) is 52.7 Å². The van der Waals surface area contributed by atoms with Gasteiger partial charge in [-0.15, -0.1) is 0 Å². The van der Waals surface area contributed by atoms with Crippen LogP contribution in [0.25, 0.3) is 0 Å². The van der Waals surface area contributed by atoms with Crippen LogP contribution in [0.2, 0.25) is 0 Å². The van der Waals surface area contributed by atoms with Crippen LogP contribution in [0.5, 0.6) is 0 Å². The first-order valence-corrected chi connectivity index (χ1v) is 7.72. The number of hydrogen-bond acceptors (Lipinski definition) is 5. The number of ether oxygens (including phenoxy) is 1. The molecule has 1 heterocycles. The molecule has 0 saturated carbocycles. The van der Waals surface area contributed by atoms with Crippen molar-refractivity contribution in [2.75, 3.05) is 25.2 Å². The largest absolute Gasteiger partial charge is 0.391 e. The predicted molar refractivity (Wildman–Crippen MR) is 81.1 cm³/mol. The second kappa shape index (κ2) is 7.82. The van der Waals surface area contributed by atoms with Gasteiger partial charge in [0.05, 0.1) is 23.8 Å². The Morgan fingerprint density at radius 1 is 1.37 bits per heavy atom. The van der Waals surface area contributed by atoms with Gasteiger partial charge in [0.2, 0.25) is 0 Å². The number of methoxy groups -OCH3 is 1. The first kappa shape index (κ1) is 16.4. The molecule has 0 fully saturated rings. The molecular formula is C14H26N2O2S. The summed E-state index contributed by atoms with van der Waals surface area (Å²) in [6.45, 7) is 10.2. The summed E-state index contributed by atoms with van der Waals surface area (Å²) in [7, 11) is 1.71. The van der Waals surface area contributed by atoms with E-state index in [1.807, 2.05) is 0 Å². The van der Waals surface area contributed by atoms with E-state index in [0.717, 1.165) is 28.7 Å². The fraction of sp³-hybridized carbons (Fsp3) is 0.786. The summed E-state index contributed by atoms with van der Waals surface area (Å²) in [5, 5.41) is 10.5. The molecule has 5 heteroatoms. The molecule has 0 saturated heterocycles. The van der Waals surface area contributed by atoms with Gasteiger partial charge in [0.25, 0.3) is 0 Å². The van der Waals surface area contributed by atoms with Gasteiger partial charge in [-0.2, -0.15) is 0 Å². The third-order valence-corrected chi connectivity index (χ3v) is 4.44. The minimum absolute atomic E-state index is 0.0769. The van der Waals surface area contributed by atoms with Crippen LogP contribution in [-0.4, -0.2) is 36.4 Å². The molecule has 0 aromatic carbocycles. The molecule has 0 aliphatic heterocycles. The Kier molecular flexibility index (Phi) is 6.75. The second-order valence-electron chi connectivity index (χ2n) is 5.05. The fourth-order valence-electron chi connectivity index (χ4n) is 1.93. The highest BCUT2D eigenvalue weighted by atomic mass is 32.1. The molecule has 4 nitrogen and oxygen atoms in total. The third kappa shape index (κ3) is 4.16. The fourth-order valence-corrected chi connectivity index (χ4v) is 3.13. The monoisotopic (exact) mass is 286 g/mol. The van der Waals surface area contributed by atoms with Gasteiger partial charge in [-0.1, -0.05) is 25.2 Å². The maximum absolute atomic E-state index is 9.50. The third-order valence-electron chi connectivity index (χ3n) is 3.34. The van der Waals surface area contributed by atoms with Crippen molar-refractivity contribution in [1.82, 2.24) is 4.98 Å². The Balaban J connectivity index is 3.00. The molecule has 110 valence electrons. The van der Waals surface area contributed by atoms with Gasteiger partial charge in [0.1, 0.15) is 0 Å². The van der Waals surface area contributed by atoms with Crippen LogP contribution < -0.4 is 4.90 Å². The van der Waals surface area contributed by atoms with Gasteiger partial charge in [-0.25, -0.2) is 4.98 Å². The molecule has 0 radical (unpaired) electrons. The van der Waals surface area contributed by atoms with Crippen LogP contribution in [0.1, 0.15) is 50.6 Å². The molecule has 0 spiro atoms. The van der Waals surface area contributed by atoms with Crippen molar-refractivity contribution in [2.24, 2.45) is 0 Å². The SMILES string of the molecule is CCC(C)c1nc(N(CCOC)C(C)C)sc1CO. The number of aromatic nitrogens is 1. The van der Waals surface area contributed by atoms with Crippen molar-refractivity contribution in [1.29, 1.82) is 0 Å². The highest BCUT2D eigenvalue weighted by Crippen LogP contribution is 2.32. The summed E-state index contributed by atoms with van der Waals surface area (Å²) in [6.07, 6.45) is 1.04. The van der Waals surface area contributed by atoms with E-state index < -0.39 is 0 Å². The number of nitrogens with zero attached hydrogens (tertiary/aromatic N) is 2. The lowest BCUT2D eigenvalue weighted by atomic mass is 10.0. The maximum atomic E-state index is 9.50. The maximum Gasteiger partial charge on any atom is 0.186 e. The van der Waals surface area contributed by atoms with Gasteiger partial charge < -0.3 is 14.7 Å². The Morgan fingerprint density at radius 3 is 2.53 bits per heavy atom. The molecule has 1 unspecified atom stereocenters. The lowest BCUT2D eigenvalue weighted by Crippen LogP contribution is -2.33. The van der Waals surface area contributed by atoms with E-state index >= 15 is 0 Å². The lowest BCUT2D eigenvalue weighted by Gasteiger charge is -2.25. The van der Waals surface area contributed by atoms with Crippen LogP contribution in [0.4, 0.5) is 5.13 Å². The van der Waals surface area contributed by atoms with E-state index in [2.05, 4.69) is 32.6 Å². The summed E-state index contributed by atoms with van der Waals surface area (Å²) in [6, 6.07) is 0.373.